The zero-order valence-corrected chi connectivity index (χ0v) is 8.09. The number of primary amides is 1. The van der Waals surface area contributed by atoms with Gasteiger partial charge in [0.15, 0.2) is 0 Å². The summed E-state index contributed by atoms with van der Waals surface area (Å²) in [5.41, 5.74) is 9.81. The van der Waals surface area contributed by atoms with Crippen LogP contribution < -0.4 is 11.5 Å². The van der Waals surface area contributed by atoms with E-state index in [1.165, 1.54) is 0 Å². The SMILES string of the molecule is Cl.NC(=O)CCC(N)C(=O)O.[Fe]. The Morgan fingerprint density at radius 1 is 1.42 bits per heavy atom. The molecule has 0 spiro atoms. The van der Waals surface area contributed by atoms with Crippen molar-refractivity contribution < 1.29 is 31.8 Å². The van der Waals surface area contributed by atoms with Crippen molar-refractivity contribution in [2.75, 3.05) is 0 Å². The Morgan fingerprint density at radius 3 is 2.08 bits per heavy atom. The molecule has 0 aliphatic heterocycles. The fraction of sp³-hybridized carbons (Fsp3) is 0.600. The van der Waals surface area contributed by atoms with Crippen molar-refractivity contribution >= 4 is 24.3 Å². The molecule has 0 saturated heterocycles. The van der Waals surface area contributed by atoms with Crippen LogP contribution in [0.2, 0.25) is 0 Å². The number of hydrogen-bond acceptors (Lipinski definition) is 3. The standard InChI is InChI=1S/C5H10N2O3.ClH.Fe/c6-3(5(9)10)1-2-4(7)8;;/h3H,1-2,6H2,(H2,7,8)(H,9,10);1H;. The van der Waals surface area contributed by atoms with Crippen molar-refractivity contribution in [3.63, 3.8) is 0 Å². The first-order valence-electron chi connectivity index (χ1n) is 2.80. The number of hydrogen-bond donors (Lipinski definition) is 3. The summed E-state index contributed by atoms with van der Waals surface area (Å²) in [6.45, 7) is 0. The fourth-order valence-electron chi connectivity index (χ4n) is 0.421. The van der Waals surface area contributed by atoms with Gasteiger partial charge in [0.05, 0.1) is 0 Å². The maximum Gasteiger partial charge on any atom is 0.320 e. The molecule has 0 bridgehead atoms. The van der Waals surface area contributed by atoms with E-state index < -0.39 is 17.9 Å². The molecule has 5 N–H and O–H groups in total. The molecular formula is C5H11ClFeN2O3. The van der Waals surface area contributed by atoms with Crippen LogP contribution in [0.15, 0.2) is 0 Å². The van der Waals surface area contributed by atoms with Gasteiger partial charge in [-0.2, -0.15) is 0 Å². The second-order valence-corrected chi connectivity index (χ2v) is 1.95. The van der Waals surface area contributed by atoms with Crippen molar-refractivity contribution in [2.45, 2.75) is 18.9 Å². The van der Waals surface area contributed by atoms with Crippen molar-refractivity contribution in [3.05, 3.63) is 0 Å². The molecule has 1 unspecified atom stereocenters. The zero-order valence-electron chi connectivity index (χ0n) is 6.17. The Morgan fingerprint density at radius 2 is 1.83 bits per heavy atom. The molecule has 0 heterocycles. The minimum atomic E-state index is -1.11. The first-order chi connectivity index (χ1) is 4.54. The molecule has 0 aliphatic carbocycles. The number of carboxylic acid groups (broad SMARTS) is 1. The van der Waals surface area contributed by atoms with Gasteiger partial charge in [0.25, 0.3) is 0 Å². The summed E-state index contributed by atoms with van der Waals surface area (Å²) in [5, 5.41) is 8.22. The normalized spacial score (nSPS) is 10.4. The second kappa shape index (κ2) is 8.80. The first kappa shape index (κ1) is 17.7. The first-order valence-corrected chi connectivity index (χ1v) is 2.80. The molecule has 0 aromatic rings. The Balaban J connectivity index is -0.000000405. The van der Waals surface area contributed by atoms with Gasteiger partial charge < -0.3 is 16.6 Å². The molecule has 1 atom stereocenters. The Hall–Kier alpha value is -0.291. The van der Waals surface area contributed by atoms with E-state index >= 15 is 0 Å². The molecule has 12 heavy (non-hydrogen) atoms. The number of amides is 1. The number of carbonyl (C=O) groups excluding carboxylic acids is 1. The summed E-state index contributed by atoms with van der Waals surface area (Å²) in [4.78, 5) is 20.1. The van der Waals surface area contributed by atoms with E-state index in [-0.39, 0.29) is 42.3 Å². The van der Waals surface area contributed by atoms with E-state index in [1.54, 1.807) is 0 Å². The number of rotatable bonds is 4. The summed E-state index contributed by atoms with van der Waals surface area (Å²) < 4.78 is 0. The molecular weight excluding hydrogens is 227 g/mol. The number of halogens is 1. The molecule has 0 fully saturated rings. The molecule has 0 aromatic heterocycles. The largest absolute Gasteiger partial charge is 0.480 e. The van der Waals surface area contributed by atoms with E-state index in [0.717, 1.165) is 0 Å². The smallest absolute Gasteiger partial charge is 0.320 e. The van der Waals surface area contributed by atoms with Crippen LogP contribution in [0.1, 0.15) is 12.8 Å². The van der Waals surface area contributed by atoms with Crippen LogP contribution in [0.5, 0.6) is 0 Å². The molecule has 5 nitrogen and oxygen atoms in total. The van der Waals surface area contributed by atoms with Crippen molar-refractivity contribution in [1.82, 2.24) is 0 Å². The van der Waals surface area contributed by atoms with Gasteiger partial charge >= 0.3 is 5.97 Å². The fourth-order valence-corrected chi connectivity index (χ4v) is 0.421. The summed E-state index contributed by atoms with van der Waals surface area (Å²) in [5.74, 6) is -1.64. The quantitative estimate of drug-likeness (QED) is 0.551. The van der Waals surface area contributed by atoms with Crippen LogP contribution >= 0.6 is 12.4 Å². The van der Waals surface area contributed by atoms with E-state index in [2.05, 4.69) is 0 Å². The number of carboxylic acids is 1. The summed E-state index contributed by atoms with van der Waals surface area (Å²) in [6, 6.07) is -0.979. The summed E-state index contributed by atoms with van der Waals surface area (Å²) in [7, 11) is 0. The third-order valence-electron chi connectivity index (χ3n) is 1.02. The molecule has 0 radical (unpaired) electrons. The minimum absolute atomic E-state index is 0. The minimum Gasteiger partial charge on any atom is -0.480 e. The average molecular weight is 238 g/mol. The zero-order chi connectivity index (χ0) is 8.15. The Kier molecular flexibility index (Phi) is 13.0. The molecule has 0 saturated carbocycles. The van der Waals surface area contributed by atoms with E-state index in [0.29, 0.717) is 0 Å². The topological polar surface area (TPSA) is 106 Å². The maximum absolute atomic E-state index is 10.1. The molecule has 7 heteroatoms. The average Bonchev–Trinajstić information content (AvgIpc) is 1.82. The van der Waals surface area contributed by atoms with Gasteiger partial charge in [0.1, 0.15) is 6.04 Å². The second-order valence-electron chi connectivity index (χ2n) is 1.95. The van der Waals surface area contributed by atoms with Gasteiger partial charge in [-0.1, -0.05) is 0 Å². The van der Waals surface area contributed by atoms with E-state index in [1.807, 2.05) is 0 Å². The summed E-state index contributed by atoms with van der Waals surface area (Å²) in [6.07, 6.45) is 0.123. The van der Waals surface area contributed by atoms with Gasteiger partial charge in [0.2, 0.25) is 5.91 Å². The number of aliphatic carboxylic acids is 1. The van der Waals surface area contributed by atoms with Crippen molar-refractivity contribution in [3.8, 4) is 0 Å². The third-order valence-corrected chi connectivity index (χ3v) is 1.02. The number of nitrogens with two attached hydrogens (primary N) is 2. The Bertz CT molecular complexity index is 156. The predicted octanol–water partition coefficient (Wildman–Crippen LogP) is -0.917. The van der Waals surface area contributed by atoms with Gasteiger partial charge in [0, 0.05) is 23.5 Å². The monoisotopic (exact) mass is 238 g/mol. The van der Waals surface area contributed by atoms with Gasteiger partial charge in [-0.25, -0.2) is 0 Å². The molecule has 1 amide bonds. The maximum atomic E-state index is 10.1. The van der Waals surface area contributed by atoms with E-state index in [4.69, 9.17) is 16.6 Å². The van der Waals surface area contributed by atoms with Crippen LogP contribution in [-0.4, -0.2) is 23.0 Å². The van der Waals surface area contributed by atoms with Crippen molar-refractivity contribution in [2.24, 2.45) is 11.5 Å². The van der Waals surface area contributed by atoms with Crippen LogP contribution in [0.4, 0.5) is 0 Å². The van der Waals surface area contributed by atoms with Gasteiger partial charge in [-0.05, 0) is 6.42 Å². The van der Waals surface area contributed by atoms with Gasteiger partial charge in [-0.15, -0.1) is 12.4 Å². The number of carbonyl (C=O) groups is 2. The third kappa shape index (κ3) is 9.71. The molecule has 74 valence electrons. The van der Waals surface area contributed by atoms with Crippen molar-refractivity contribution in [1.29, 1.82) is 0 Å². The van der Waals surface area contributed by atoms with Crippen LogP contribution in [-0.2, 0) is 26.7 Å². The molecule has 0 rings (SSSR count). The van der Waals surface area contributed by atoms with Crippen LogP contribution in [0.25, 0.3) is 0 Å². The van der Waals surface area contributed by atoms with E-state index in [9.17, 15) is 9.59 Å². The summed E-state index contributed by atoms with van der Waals surface area (Å²) >= 11 is 0. The Labute approximate surface area is 86.7 Å². The van der Waals surface area contributed by atoms with Gasteiger partial charge in [-0.3, -0.25) is 9.59 Å². The molecule has 0 aromatic carbocycles. The van der Waals surface area contributed by atoms with Crippen LogP contribution in [0, 0.1) is 0 Å². The predicted molar refractivity (Wildman–Crippen MR) is 41.3 cm³/mol. The molecule has 0 aliphatic rings. The van der Waals surface area contributed by atoms with Crippen LogP contribution in [0.3, 0.4) is 0 Å².